The summed E-state index contributed by atoms with van der Waals surface area (Å²) in [5, 5.41) is 8.28. The van der Waals surface area contributed by atoms with E-state index < -0.39 is 5.97 Å². The molecule has 0 bridgehead atoms. The van der Waals surface area contributed by atoms with E-state index in [1.54, 1.807) is 12.3 Å². The minimum atomic E-state index is -0.965. The zero-order valence-corrected chi connectivity index (χ0v) is 6.51. The number of carboxylic acid groups (broad SMARTS) is 1. The zero-order valence-electron chi connectivity index (χ0n) is 5.61. The lowest BCUT2D eigenvalue weighted by Gasteiger charge is -1.86. The third-order valence-corrected chi connectivity index (χ3v) is 1.54. The summed E-state index contributed by atoms with van der Waals surface area (Å²) in [4.78, 5) is 13.7. The van der Waals surface area contributed by atoms with Crippen LogP contribution in [0.5, 0.6) is 0 Å². The summed E-state index contributed by atoms with van der Waals surface area (Å²) in [5.41, 5.74) is 0.704. The molecule has 2 N–H and O–H groups in total. The highest BCUT2D eigenvalue weighted by atomic mass is 32.1. The topological polar surface area (TPSA) is 53.1 Å². The van der Waals surface area contributed by atoms with Crippen molar-refractivity contribution >= 4 is 24.7 Å². The van der Waals surface area contributed by atoms with Crippen molar-refractivity contribution in [2.45, 2.75) is 4.90 Å². The van der Waals surface area contributed by atoms with E-state index in [0.29, 0.717) is 5.69 Å². The van der Waals surface area contributed by atoms with Crippen LogP contribution >= 0.6 is 12.6 Å². The molecule has 11 heavy (non-hydrogen) atoms. The highest BCUT2D eigenvalue weighted by Gasteiger charge is 1.94. The Morgan fingerprint density at radius 1 is 1.73 bits per heavy atom. The molecule has 0 aliphatic carbocycles. The van der Waals surface area contributed by atoms with E-state index >= 15 is 0 Å². The highest BCUT2D eigenvalue weighted by molar-refractivity contribution is 7.80. The summed E-state index contributed by atoms with van der Waals surface area (Å²) in [6.07, 6.45) is 4.22. The predicted octanol–water partition coefficient (Wildman–Crippen LogP) is 1.40. The molecular weight excluding hydrogens is 162 g/mol. The maximum Gasteiger partial charge on any atom is 0.328 e. The number of hydrogen-bond acceptors (Lipinski definition) is 2. The van der Waals surface area contributed by atoms with E-state index in [1.807, 2.05) is 0 Å². The predicted molar refractivity (Wildman–Crippen MR) is 44.7 cm³/mol. The molecule has 3 nitrogen and oxygen atoms in total. The number of nitrogens with one attached hydrogen (secondary N) is 1. The van der Waals surface area contributed by atoms with Crippen molar-refractivity contribution in [3.8, 4) is 0 Å². The van der Waals surface area contributed by atoms with Gasteiger partial charge in [-0.3, -0.25) is 0 Å². The number of aromatic amines is 1. The van der Waals surface area contributed by atoms with Crippen molar-refractivity contribution in [1.29, 1.82) is 0 Å². The number of carbonyl (C=O) groups is 1. The van der Waals surface area contributed by atoms with Gasteiger partial charge in [-0.2, -0.15) is 0 Å². The van der Waals surface area contributed by atoms with Crippen molar-refractivity contribution in [2.75, 3.05) is 0 Å². The number of carboxylic acids is 1. The molecule has 1 aromatic heterocycles. The zero-order chi connectivity index (χ0) is 8.27. The molecule has 0 saturated carbocycles. The fourth-order valence-corrected chi connectivity index (χ4v) is 0.876. The third kappa shape index (κ3) is 2.16. The average molecular weight is 169 g/mol. The summed E-state index contributed by atoms with van der Waals surface area (Å²) in [5.74, 6) is -0.965. The van der Waals surface area contributed by atoms with Crippen LogP contribution in [-0.4, -0.2) is 16.1 Å². The first-order valence-electron chi connectivity index (χ1n) is 2.97. The molecule has 0 aliphatic heterocycles. The monoisotopic (exact) mass is 169 g/mol. The summed E-state index contributed by atoms with van der Waals surface area (Å²) in [6, 6.07) is 1.75. The first-order valence-corrected chi connectivity index (χ1v) is 3.42. The maximum atomic E-state index is 10.1. The van der Waals surface area contributed by atoms with Crippen molar-refractivity contribution in [2.24, 2.45) is 0 Å². The van der Waals surface area contributed by atoms with Crippen molar-refractivity contribution in [3.05, 3.63) is 24.0 Å². The second-order valence-corrected chi connectivity index (χ2v) is 2.43. The van der Waals surface area contributed by atoms with Crippen molar-refractivity contribution in [3.63, 3.8) is 0 Å². The molecule has 1 aromatic rings. The van der Waals surface area contributed by atoms with Crippen molar-refractivity contribution in [1.82, 2.24) is 4.98 Å². The molecule has 0 aromatic carbocycles. The Labute approximate surface area is 69.2 Å². The molecule has 0 atom stereocenters. The molecule has 1 heterocycles. The Morgan fingerprint density at radius 3 is 2.91 bits per heavy atom. The van der Waals surface area contributed by atoms with E-state index in [9.17, 15) is 4.79 Å². The lowest BCUT2D eigenvalue weighted by atomic mass is 10.4. The van der Waals surface area contributed by atoms with Gasteiger partial charge in [-0.05, 0) is 12.1 Å². The van der Waals surface area contributed by atoms with Gasteiger partial charge in [0.15, 0.2) is 0 Å². The largest absolute Gasteiger partial charge is 0.478 e. The summed E-state index contributed by atoms with van der Waals surface area (Å²) < 4.78 is 0. The van der Waals surface area contributed by atoms with E-state index in [0.717, 1.165) is 11.0 Å². The smallest absolute Gasteiger partial charge is 0.328 e. The van der Waals surface area contributed by atoms with Gasteiger partial charge < -0.3 is 10.1 Å². The molecular formula is C7H7NO2S. The lowest BCUT2D eigenvalue weighted by Crippen LogP contribution is -1.85. The molecule has 0 radical (unpaired) electrons. The van der Waals surface area contributed by atoms with Crippen LogP contribution in [0.4, 0.5) is 0 Å². The molecule has 0 aliphatic rings. The van der Waals surface area contributed by atoms with Crippen LogP contribution in [0.2, 0.25) is 0 Å². The van der Waals surface area contributed by atoms with Gasteiger partial charge in [0.05, 0.1) is 5.69 Å². The Hall–Kier alpha value is -1.16. The van der Waals surface area contributed by atoms with Crippen molar-refractivity contribution < 1.29 is 9.90 Å². The Balaban J connectivity index is 2.79. The first-order chi connectivity index (χ1) is 5.20. The first kappa shape index (κ1) is 7.94. The molecule has 0 amide bonds. The molecule has 1 rings (SSSR count). The van der Waals surface area contributed by atoms with Crippen LogP contribution in [0.25, 0.3) is 6.08 Å². The number of H-pyrrole nitrogens is 1. The van der Waals surface area contributed by atoms with Crippen LogP contribution in [0.3, 0.4) is 0 Å². The molecule has 0 unspecified atom stereocenters. The third-order valence-electron chi connectivity index (χ3n) is 1.15. The quantitative estimate of drug-likeness (QED) is 0.463. The second-order valence-electron chi connectivity index (χ2n) is 1.95. The normalized spacial score (nSPS) is 10.6. The van der Waals surface area contributed by atoms with Crippen LogP contribution < -0.4 is 0 Å². The lowest BCUT2D eigenvalue weighted by molar-refractivity contribution is -0.131. The van der Waals surface area contributed by atoms with Gasteiger partial charge in [-0.15, -0.1) is 12.6 Å². The van der Waals surface area contributed by atoms with Crippen LogP contribution in [0.1, 0.15) is 5.69 Å². The van der Waals surface area contributed by atoms with Crippen LogP contribution in [0.15, 0.2) is 23.2 Å². The summed E-state index contributed by atoms with van der Waals surface area (Å²) >= 11 is 4.08. The Kier molecular flexibility index (Phi) is 2.38. The number of aliphatic carboxylic acids is 1. The molecule has 58 valence electrons. The minimum Gasteiger partial charge on any atom is -0.478 e. The fraction of sp³-hybridized carbons (Fsp3) is 0. The fourth-order valence-electron chi connectivity index (χ4n) is 0.662. The van der Waals surface area contributed by atoms with E-state index in [1.165, 1.54) is 6.08 Å². The van der Waals surface area contributed by atoms with Gasteiger partial charge in [0.1, 0.15) is 0 Å². The van der Waals surface area contributed by atoms with Gasteiger partial charge in [0.2, 0.25) is 0 Å². The maximum absolute atomic E-state index is 10.1. The molecule has 4 heteroatoms. The van der Waals surface area contributed by atoms with Crippen LogP contribution in [0, 0.1) is 0 Å². The number of aromatic nitrogens is 1. The molecule has 0 spiro atoms. The summed E-state index contributed by atoms with van der Waals surface area (Å²) in [7, 11) is 0. The van der Waals surface area contributed by atoms with Crippen LogP contribution in [-0.2, 0) is 4.79 Å². The van der Waals surface area contributed by atoms with E-state index in [-0.39, 0.29) is 0 Å². The highest BCUT2D eigenvalue weighted by Crippen LogP contribution is 2.12. The second kappa shape index (κ2) is 3.30. The standard InChI is InChI=1S/C7H7NO2S/c9-7(10)2-1-5-6(11)3-4-8-5/h1-4,8,11H,(H,9,10). The SMILES string of the molecule is O=C(O)C=Cc1[nH]ccc1S. The van der Waals surface area contributed by atoms with Gasteiger partial charge in [-0.25, -0.2) is 4.79 Å². The van der Waals surface area contributed by atoms with E-state index in [4.69, 9.17) is 5.11 Å². The number of thiol groups is 1. The minimum absolute atomic E-state index is 0.704. The van der Waals surface area contributed by atoms with Gasteiger partial charge in [0, 0.05) is 17.2 Å². The number of rotatable bonds is 2. The Bertz CT molecular complexity index is 290. The number of hydrogen-bond donors (Lipinski definition) is 3. The molecule has 0 saturated heterocycles. The van der Waals surface area contributed by atoms with Gasteiger partial charge in [-0.1, -0.05) is 0 Å². The summed E-state index contributed by atoms with van der Waals surface area (Å²) in [6.45, 7) is 0. The average Bonchev–Trinajstić information content (AvgIpc) is 2.31. The van der Waals surface area contributed by atoms with Gasteiger partial charge >= 0.3 is 5.97 Å². The Morgan fingerprint density at radius 2 is 2.45 bits per heavy atom. The van der Waals surface area contributed by atoms with Gasteiger partial charge in [0.25, 0.3) is 0 Å². The van der Waals surface area contributed by atoms with E-state index in [2.05, 4.69) is 17.6 Å². The molecule has 0 fully saturated rings.